The molecule has 0 bridgehead atoms. The third kappa shape index (κ3) is 6.52. The first kappa shape index (κ1) is 22.8. The van der Waals surface area contributed by atoms with Gasteiger partial charge in [0.25, 0.3) is 0 Å². The quantitative estimate of drug-likeness (QED) is 0.655. The van der Waals surface area contributed by atoms with E-state index in [1.54, 1.807) is 36.1 Å². The number of nitrogens with zero attached hydrogens (tertiary/aromatic N) is 3. The summed E-state index contributed by atoms with van der Waals surface area (Å²) in [6, 6.07) is 6.58. The van der Waals surface area contributed by atoms with Gasteiger partial charge in [0.05, 0.1) is 24.7 Å². The molecule has 1 aliphatic heterocycles. The van der Waals surface area contributed by atoms with Crippen molar-refractivity contribution >= 4 is 27.7 Å². The first-order valence-corrected chi connectivity index (χ1v) is 11.4. The SMILES string of the molecule is CCOC(=O)N1CCN(C(=O)CN(c2ccc(OC(C)C)cc2)S(C)(=O)=O)CC1. The van der Waals surface area contributed by atoms with Crippen LogP contribution in [0.2, 0.25) is 0 Å². The summed E-state index contributed by atoms with van der Waals surface area (Å²) in [5.41, 5.74) is 0.391. The van der Waals surface area contributed by atoms with Crippen molar-refractivity contribution in [3.8, 4) is 5.75 Å². The second kappa shape index (κ2) is 9.82. The predicted molar refractivity (Wildman–Crippen MR) is 110 cm³/mol. The van der Waals surface area contributed by atoms with Crippen LogP contribution in [0.4, 0.5) is 10.5 Å². The third-order valence-electron chi connectivity index (χ3n) is 4.33. The number of piperazine rings is 1. The average Bonchev–Trinajstić information content (AvgIpc) is 2.65. The van der Waals surface area contributed by atoms with Crippen LogP contribution in [-0.2, 0) is 19.6 Å². The van der Waals surface area contributed by atoms with Crippen molar-refractivity contribution in [2.45, 2.75) is 26.9 Å². The molecule has 162 valence electrons. The number of amides is 2. The molecule has 10 heteroatoms. The lowest BCUT2D eigenvalue weighted by Crippen LogP contribution is -2.53. The highest BCUT2D eigenvalue weighted by Gasteiger charge is 2.28. The molecule has 0 saturated carbocycles. The lowest BCUT2D eigenvalue weighted by atomic mass is 10.3. The highest BCUT2D eigenvalue weighted by atomic mass is 32.2. The van der Waals surface area contributed by atoms with E-state index in [9.17, 15) is 18.0 Å². The zero-order valence-electron chi connectivity index (χ0n) is 17.3. The minimum atomic E-state index is -3.66. The van der Waals surface area contributed by atoms with Gasteiger partial charge in [-0.2, -0.15) is 0 Å². The van der Waals surface area contributed by atoms with E-state index in [1.165, 1.54) is 4.90 Å². The summed E-state index contributed by atoms with van der Waals surface area (Å²) in [6.07, 6.45) is 0.667. The van der Waals surface area contributed by atoms with Gasteiger partial charge < -0.3 is 19.3 Å². The Morgan fingerprint density at radius 3 is 2.10 bits per heavy atom. The van der Waals surface area contributed by atoms with Crippen molar-refractivity contribution in [3.63, 3.8) is 0 Å². The van der Waals surface area contributed by atoms with Crippen LogP contribution < -0.4 is 9.04 Å². The van der Waals surface area contributed by atoms with E-state index in [4.69, 9.17) is 9.47 Å². The molecule has 1 aromatic rings. The van der Waals surface area contributed by atoms with Crippen molar-refractivity contribution in [2.75, 3.05) is 49.9 Å². The van der Waals surface area contributed by atoms with Gasteiger partial charge in [-0.25, -0.2) is 13.2 Å². The van der Waals surface area contributed by atoms with E-state index < -0.39 is 16.1 Å². The third-order valence-corrected chi connectivity index (χ3v) is 5.47. The number of rotatable bonds is 7. The standard InChI is InChI=1S/C19H29N3O6S/c1-5-27-19(24)21-12-10-20(11-13-21)18(23)14-22(29(4,25)26)16-6-8-17(9-7-16)28-15(2)3/h6-9,15H,5,10-14H2,1-4H3. The molecule has 29 heavy (non-hydrogen) atoms. The lowest BCUT2D eigenvalue weighted by Gasteiger charge is -2.35. The maximum atomic E-state index is 12.7. The Kier molecular flexibility index (Phi) is 7.72. The monoisotopic (exact) mass is 427 g/mol. The van der Waals surface area contributed by atoms with Gasteiger partial charge >= 0.3 is 6.09 Å². The van der Waals surface area contributed by atoms with Crippen molar-refractivity contribution in [2.24, 2.45) is 0 Å². The van der Waals surface area contributed by atoms with Gasteiger partial charge in [0.2, 0.25) is 15.9 Å². The minimum absolute atomic E-state index is 0.00159. The summed E-state index contributed by atoms with van der Waals surface area (Å²) < 4.78 is 36.2. The van der Waals surface area contributed by atoms with Crippen LogP contribution >= 0.6 is 0 Å². The molecule has 1 fully saturated rings. The number of hydrogen-bond acceptors (Lipinski definition) is 6. The van der Waals surface area contributed by atoms with Crippen LogP contribution in [0.25, 0.3) is 0 Å². The number of hydrogen-bond donors (Lipinski definition) is 0. The number of anilines is 1. The maximum absolute atomic E-state index is 12.7. The van der Waals surface area contributed by atoms with Gasteiger partial charge in [0, 0.05) is 26.2 Å². The molecule has 0 N–H and O–H groups in total. The van der Waals surface area contributed by atoms with E-state index in [0.717, 1.165) is 10.6 Å². The summed E-state index contributed by atoms with van der Waals surface area (Å²) in [7, 11) is -3.66. The maximum Gasteiger partial charge on any atom is 0.409 e. The molecular formula is C19H29N3O6S. The van der Waals surface area contributed by atoms with Crippen molar-refractivity contribution in [3.05, 3.63) is 24.3 Å². The summed E-state index contributed by atoms with van der Waals surface area (Å²) in [5.74, 6) is 0.306. The first-order valence-electron chi connectivity index (χ1n) is 9.55. The molecule has 1 aromatic carbocycles. The topological polar surface area (TPSA) is 96.5 Å². The van der Waals surface area contributed by atoms with E-state index in [2.05, 4.69) is 0 Å². The Bertz CT molecular complexity index is 802. The van der Waals surface area contributed by atoms with Gasteiger partial charge in [-0.05, 0) is 45.0 Å². The Morgan fingerprint density at radius 1 is 1.07 bits per heavy atom. The van der Waals surface area contributed by atoms with Gasteiger partial charge in [-0.15, -0.1) is 0 Å². The molecule has 0 atom stereocenters. The Labute approximate surface area is 172 Å². The molecule has 0 radical (unpaired) electrons. The van der Waals surface area contributed by atoms with Crippen LogP contribution in [-0.4, -0.2) is 81.9 Å². The van der Waals surface area contributed by atoms with Gasteiger partial charge in [0.15, 0.2) is 0 Å². The predicted octanol–water partition coefficient (Wildman–Crippen LogP) is 1.54. The van der Waals surface area contributed by atoms with Crippen molar-refractivity contribution in [1.29, 1.82) is 0 Å². The molecule has 1 saturated heterocycles. The second-order valence-corrected chi connectivity index (χ2v) is 8.90. The summed E-state index contributed by atoms with van der Waals surface area (Å²) >= 11 is 0. The Morgan fingerprint density at radius 2 is 1.62 bits per heavy atom. The van der Waals surface area contributed by atoms with Crippen LogP contribution in [0.15, 0.2) is 24.3 Å². The summed E-state index contributed by atoms with van der Waals surface area (Å²) in [6.45, 7) is 6.89. The molecule has 1 aliphatic rings. The lowest BCUT2D eigenvalue weighted by molar-refractivity contribution is -0.131. The molecule has 0 aliphatic carbocycles. The normalized spacial score (nSPS) is 14.7. The van der Waals surface area contributed by atoms with Gasteiger partial charge in [0.1, 0.15) is 12.3 Å². The fourth-order valence-electron chi connectivity index (χ4n) is 2.94. The smallest absolute Gasteiger partial charge is 0.409 e. The van der Waals surface area contributed by atoms with Crippen LogP contribution in [0, 0.1) is 0 Å². The number of sulfonamides is 1. The Hall–Kier alpha value is -2.49. The molecule has 2 amide bonds. The number of benzene rings is 1. The fourth-order valence-corrected chi connectivity index (χ4v) is 3.79. The molecule has 2 rings (SSSR count). The minimum Gasteiger partial charge on any atom is -0.491 e. The van der Waals surface area contributed by atoms with Gasteiger partial charge in [-0.1, -0.05) is 0 Å². The van der Waals surface area contributed by atoms with Crippen molar-refractivity contribution < 1.29 is 27.5 Å². The number of carbonyl (C=O) groups is 2. The summed E-state index contributed by atoms with van der Waals surface area (Å²) in [5, 5.41) is 0. The number of carbonyl (C=O) groups excluding carboxylic acids is 2. The Balaban J connectivity index is 2.04. The van der Waals surface area contributed by atoms with E-state index >= 15 is 0 Å². The fraction of sp³-hybridized carbons (Fsp3) is 0.579. The molecule has 9 nitrogen and oxygen atoms in total. The second-order valence-electron chi connectivity index (χ2n) is 7.00. The molecule has 0 unspecified atom stereocenters. The van der Waals surface area contributed by atoms with E-state index in [1.807, 2.05) is 13.8 Å². The first-order chi connectivity index (χ1) is 13.6. The average molecular weight is 428 g/mol. The summed E-state index contributed by atoms with van der Waals surface area (Å²) in [4.78, 5) is 27.6. The highest BCUT2D eigenvalue weighted by Crippen LogP contribution is 2.22. The molecule has 1 heterocycles. The molecule has 0 aromatic heterocycles. The van der Waals surface area contributed by atoms with Crippen LogP contribution in [0.5, 0.6) is 5.75 Å². The zero-order chi connectivity index (χ0) is 21.6. The highest BCUT2D eigenvalue weighted by molar-refractivity contribution is 7.92. The molecular weight excluding hydrogens is 398 g/mol. The molecule has 0 spiro atoms. The van der Waals surface area contributed by atoms with Gasteiger partial charge in [-0.3, -0.25) is 9.10 Å². The zero-order valence-corrected chi connectivity index (χ0v) is 18.1. The van der Waals surface area contributed by atoms with E-state index in [0.29, 0.717) is 44.2 Å². The van der Waals surface area contributed by atoms with Crippen molar-refractivity contribution in [1.82, 2.24) is 9.80 Å². The van der Waals surface area contributed by atoms with E-state index in [-0.39, 0.29) is 18.6 Å². The van der Waals surface area contributed by atoms with Crippen LogP contribution in [0.3, 0.4) is 0 Å². The largest absolute Gasteiger partial charge is 0.491 e. The number of ether oxygens (including phenoxy) is 2. The van der Waals surface area contributed by atoms with Crippen LogP contribution in [0.1, 0.15) is 20.8 Å².